The van der Waals surface area contributed by atoms with Crippen molar-refractivity contribution in [3.63, 3.8) is 0 Å². The Bertz CT molecular complexity index is 1870. The highest BCUT2D eigenvalue weighted by Crippen LogP contribution is 2.44. The van der Waals surface area contributed by atoms with Gasteiger partial charge in [-0.2, -0.15) is 0 Å². The lowest BCUT2D eigenvalue weighted by Gasteiger charge is -2.27. The van der Waals surface area contributed by atoms with Gasteiger partial charge in [-0.25, -0.2) is 5.06 Å². The van der Waals surface area contributed by atoms with Crippen LogP contribution in [0.4, 0.5) is 0 Å². The molecule has 10 nitrogen and oxygen atoms in total. The van der Waals surface area contributed by atoms with E-state index in [2.05, 4.69) is 29.1 Å². The molecular weight excluding hydrogens is 714 g/mol. The number of hydrogen-bond acceptors (Lipinski definition) is 6. The van der Waals surface area contributed by atoms with Crippen LogP contribution in [0.25, 0.3) is 21.8 Å². The van der Waals surface area contributed by atoms with Gasteiger partial charge in [0.1, 0.15) is 30.8 Å². The maximum Gasteiger partial charge on any atom is 0.250 e. The van der Waals surface area contributed by atoms with Gasteiger partial charge in [0.2, 0.25) is 5.91 Å². The summed E-state index contributed by atoms with van der Waals surface area (Å²) in [7, 11) is 0. The lowest BCUT2D eigenvalue weighted by Crippen LogP contribution is -2.38. The number of aromatic nitrogens is 2. The second kappa shape index (κ2) is 15.6. The van der Waals surface area contributed by atoms with Gasteiger partial charge in [0, 0.05) is 52.7 Å². The van der Waals surface area contributed by atoms with Crippen molar-refractivity contribution in [1.29, 1.82) is 0 Å². The van der Waals surface area contributed by atoms with E-state index in [1.165, 1.54) is 5.06 Å². The number of aromatic amines is 2. The maximum atomic E-state index is 13.4. The minimum atomic E-state index is -0.358. The van der Waals surface area contributed by atoms with Crippen molar-refractivity contribution < 1.29 is 28.6 Å². The van der Waals surface area contributed by atoms with Crippen LogP contribution in [-0.4, -0.2) is 72.5 Å². The summed E-state index contributed by atoms with van der Waals surface area (Å²) in [6.07, 6.45) is 0.696. The van der Waals surface area contributed by atoms with Gasteiger partial charge < -0.3 is 29.5 Å². The van der Waals surface area contributed by atoms with Gasteiger partial charge in [0.05, 0.1) is 63.7 Å². The summed E-state index contributed by atoms with van der Waals surface area (Å²) >= 11 is 26.0. The molecule has 49 heavy (non-hydrogen) atoms. The number of ether oxygens (including phenoxy) is 3. The minimum absolute atomic E-state index is 0.0820. The topological polar surface area (TPSA) is 118 Å². The Morgan fingerprint density at radius 2 is 1.51 bits per heavy atom. The molecular formula is C35H42Cl4N4O6. The zero-order valence-corrected chi connectivity index (χ0v) is 31.5. The minimum Gasteiger partial charge on any atom is -0.490 e. The molecule has 0 aliphatic carbocycles. The Morgan fingerprint density at radius 1 is 0.878 bits per heavy atom. The summed E-state index contributed by atoms with van der Waals surface area (Å²) in [5.41, 5.74) is 4.33. The van der Waals surface area contributed by atoms with Crippen molar-refractivity contribution in [3.8, 4) is 11.5 Å². The van der Waals surface area contributed by atoms with E-state index < -0.39 is 0 Å². The molecule has 0 unspecified atom stereocenters. The molecule has 5 heterocycles. The van der Waals surface area contributed by atoms with Gasteiger partial charge in [-0.05, 0) is 11.1 Å². The Morgan fingerprint density at radius 3 is 2.16 bits per heavy atom. The number of hydroxylamine groups is 2. The second-order valence-corrected chi connectivity index (χ2v) is 13.7. The standard InChI is InChI=1S/C31H30Cl4N4O6.2C2H6/c1-31(2)13-36-22(40)7-16-25-20(9-17(32)27(35)29(25)38-30(16)31)43-5-6-44-39-4-3-19-15(8-23(39)41)24-21(45-14-11-42-12-14)10-18(33)26(34)28(24)37-19;2*1-2/h9-10,14,37-38H,3-8,11-13H2,1-2H3,(H,36,40);2*1-2H3. The normalized spacial score (nSPS) is 17.1. The molecule has 2 aromatic heterocycles. The molecule has 3 aliphatic heterocycles. The van der Waals surface area contributed by atoms with E-state index in [9.17, 15) is 9.59 Å². The number of carbonyl (C=O) groups excluding carboxylic acids is 2. The van der Waals surface area contributed by atoms with Crippen molar-refractivity contribution in [1.82, 2.24) is 20.3 Å². The highest BCUT2D eigenvalue weighted by Gasteiger charge is 2.34. The molecule has 1 saturated heterocycles. The molecule has 4 aromatic rings. The number of nitrogens with zero attached hydrogens (tertiary/aromatic N) is 1. The number of fused-ring (bicyclic) bond motifs is 6. The van der Waals surface area contributed by atoms with Crippen LogP contribution in [0.5, 0.6) is 11.5 Å². The zero-order valence-electron chi connectivity index (χ0n) is 28.5. The number of amides is 2. The second-order valence-electron chi connectivity index (χ2n) is 12.1. The first-order valence-electron chi connectivity index (χ1n) is 16.6. The summed E-state index contributed by atoms with van der Waals surface area (Å²) in [4.78, 5) is 38.7. The number of H-pyrrole nitrogens is 2. The molecule has 0 radical (unpaired) electrons. The summed E-state index contributed by atoms with van der Waals surface area (Å²) < 4.78 is 17.6. The van der Waals surface area contributed by atoms with Crippen LogP contribution in [0.15, 0.2) is 12.1 Å². The lowest BCUT2D eigenvalue weighted by molar-refractivity contribution is -0.187. The summed E-state index contributed by atoms with van der Waals surface area (Å²) in [5.74, 6) is 0.757. The average molecular weight is 757 g/mol. The number of hydrogen-bond donors (Lipinski definition) is 3. The Balaban J connectivity index is 0.00000113. The highest BCUT2D eigenvalue weighted by atomic mass is 35.5. The van der Waals surface area contributed by atoms with E-state index in [1.807, 2.05) is 27.7 Å². The molecule has 3 N–H and O–H groups in total. The van der Waals surface area contributed by atoms with Crippen molar-refractivity contribution in [2.45, 2.75) is 72.3 Å². The first-order valence-corrected chi connectivity index (χ1v) is 18.1. The number of rotatable bonds is 7. The monoisotopic (exact) mass is 754 g/mol. The summed E-state index contributed by atoms with van der Waals surface area (Å²) in [6, 6.07) is 3.34. The first kappa shape index (κ1) is 37.4. The molecule has 7 rings (SSSR count). The van der Waals surface area contributed by atoms with Gasteiger partial charge in [-0.15, -0.1) is 0 Å². The van der Waals surface area contributed by atoms with Crippen molar-refractivity contribution >= 4 is 80.0 Å². The molecule has 2 amide bonds. The quantitative estimate of drug-likeness (QED) is 0.165. The van der Waals surface area contributed by atoms with E-state index in [1.54, 1.807) is 12.1 Å². The SMILES string of the molecule is CC.CC.CC1(C)CNC(=O)Cc2c1[nH]c1c(Cl)c(Cl)cc(OCCON3CCc4[nH]c5c(Cl)c(Cl)cc(OC6COC6)c5c4CC3=O)c21. The van der Waals surface area contributed by atoms with Crippen molar-refractivity contribution in [3.05, 3.63) is 54.7 Å². The van der Waals surface area contributed by atoms with Gasteiger partial charge in [-0.3, -0.25) is 14.4 Å². The fourth-order valence-corrected chi connectivity index (χ4v) is 7.00. The smallest absolute Gasteiger partial charge is 0.250 e. The third kappa shape index (κ3) is 7.32. The molecule has 266 valence electrons. The molecule has 0 saturated carbocycles. The van der Waals surface area contributed by atoms with Crippen LogP contribution in [0, 0.1) is 0 Å². The number of carbonyl (C=O) groups is 2. The van der Waals surface area contributed by atoms with Gasteiger partial charge in [0.25, 0.3) is 5.91 Å². The molecule has 0 atom stereocenters. The molecule has 0 spiro atoms. The van der Waals surface area contributed by atoms with Gasteiger partial charge in [-0.1, -0.05) is 87.9 Å². The third-order valence-corrected chi connectivity index (χ3v) is 10.1. The van der Waals surface area contributed by atoms with Crippen LogP contribution in [0.1, 0.15) is 64.1 Å². The fourth-order valence-electron chi connectivity index (χ4n) is 6.22. The summed E-state index contributed by atoms with van der Waals surface area (Å²) in [6.45, 7) is 14.1. The van der Waals surface area contributed by atoms with E-state index >= 15 is 0 Å². The number of halogens is 4. The third-order valence-electron chi connectivity index (χ3n) is 8.56. The van der Waals surface area contributed by atoms with Crippen molar-refractivity contribution in [2.75, 3.05) is 39.5 Å². The zero-order chi connectivity index (χ0) is 35.6. The predicted octanol–water partition coefficient (Wildman–Crippen LogP) is 7.98. The van der Waals surface area contributed by atoms with Gasteiger partial charge in [0.15, 0.2) is 0 Å². The Hall–Kier alpha value is -2.86. The van der Waals surface area contributed by atoms with Crippen LogP contribution in [-0.2, 0) is 43.8 Å². The molecule has 14 heteroatoms. The van der Waals surface area contributed by atoms with E-state index in [0.717, 1.165) is 27.9 Å². The first-order chi connectivity index (χ1) is 23.5. The average Bonchev–Trinajstić information content (AvgIpc) is 3.55. The lowest BCUT2D eigenvalue weighted by atomic mass is 9.87. The molecule has 3 aliphatic rings. The van der Waals surface area contributed by atoms with Crippen LogP contribution < -0.4 is 14.8 Å². The maximum absolute atomic E-state index is 13.4. The highest BCUT2D eigenvalue weighted by molar-refractivity contribution is 6.46. The Kier molecular flexibility index (Phi) is 11.9. The van der Waals surface area contributed by atoms with E-state index in [0.29, 0.717) is 80.7 Å². The predicted molar refractivity (Wildman–Crippen MR) is 195 cm³/mol. The largest absolute Gasteiger partial charge is 0.490 e. The molecule has 1 fully saturated rings. The number of nitrogens with one attached hydrogen (secondary N) is 3. The molecule has 0 bridgehead atoms. The van der Waals surface area contributed by atoms with E-state index in [-0.39, 0.29) is 49.4 Å². The van der Waals surface area contributed by atoms with Crippen molar-refractivity contribution in [2.24, 2.45) is 0 Å². The molecule has 2 aromatic carbocycles. The van der Waals surface area contributed by atoms with E-state index in [4.69, 9.17) is 65.5 Å². The number of benzene rings is 2. The Labute approximate surface area is 305 Å². The van der Waals surface area contributed by atoms with Crippen LogP contribution in [0.3, 0.4) is 0 Å². The fraction of sp³-hybridized carbons (Fsp3) is 0.486. The summed E-state index contributed by atoms with van der Waals surface area (Å²) in [5, 5.41) is 7.23. The van der Waals surface area contributed by atoms with Crippen LogP contribution in [0.2, 0.25) is 20.1 Å². The van der Waals surface area contributed by atoms with Gasteiger partial charge >= 0.3 is 0 Å². The van der Waals surface area contributed by atoms with Crippen LogP contribution >= 0.6 is 46.4 Å².